The Balaban J connectivity index is 1.65. The van der Waals surface area contributed by atoms with Gasteiger partial charge in [0.1, 0.15) is 6.33 Å². The number of nitrogens with one attached hydrogen (secondary N) is 1. The van der Waals surface area contributed by atoms with Gasteiger partial charge in [-0.25, -0.2) is 0 Å². The lowest BCUT2D eigenvalue weighted by atomic mass is 10.1. The first-order valence-electron chi connectivity index (χ1n) is 8.55. The van der Waals surface area contributed by atoms with Gasteiger partial charge < -0.3 is 14.3 Å². The van der Waals surface area contributed by atoms with E-state index in [0.717, 1.165) is 28.9 Å². The molecule has 4 aromatic rings. The first-order chi connectivity index (χ1) is 13.1. The summed E-state index contributed by atoms with van der Waals surface area (Å²) in [7, 11) is 0. The number of para-hydroxylation sites is 1. The van der Waals surface area contributed by atoms with Crippen molar-refractivity contribution in [3.05, 3.63) is 65.1 Å². The van der Waals surface area contributed by atoms with Crippen molar-refractivity contribution in [2.24, 2.45) is 0 Å². The Labute approximate surface area is 160 Å². The summed E-state index contributed by atoms with van der Waals surface area (Å²) in [4.78, 5) is 12.8. The smallest absolute Gasteiger partial charge is 0.291 e. The predicted molar refractivity (Wildman–Crippen MR) is 105 cm³/mol. The summed E-state index contributed by atoms with van der Waals surface area (Å²) in [6.45, 7) is 4.63. The lowest BCUT2D eigenvalue weighted by Crippen LogP contribution is -2.12. The SMILES string of the molecule is CCn1cnnc1-c1cccc(NC(=O)c2oc3c(Cl)cccc3c2C)c1. The number of hydrogen-bond acceptors (Lipinski definition) is 4. The van der Waals surface area contributed by atoms with Gasteiger partial charge in [0.15, 0.2) is 17.2 Å². The number of amides is 1. The summed E-state index contributed by atoms with van der Waals surface area (Å²) in [5.41, 5.74) is 2.80. The maximum absolute atomic E-state index is 12.8. The number of aryl methyl sites for hydroxylation is 2. The van der Waals surface area contributed by atoms with Crippen LogP contribution in [0.1, 0.15) is 23.0 Å². The second-order valence-electron chi connectivity index (χ2n) is 6.15. The van der Waals surface area contributed by atoms with Crippen LogP contribution >= 0.6 is 11.6 Å². The highest BCUT2D eigenvalue weighted by Gasteiger charge is 2.19. The van der Waals surface area contributed by atoms with Crippen molar-refractivity contribution < 1.29 is 9.21 Å². The second kappa shape index (κ2) is 6.89. The van der Waals surface area contributed by atoms with Crippen LogP contribution in [0.15, 0.2) is 53.2 Å². The lowest BCUT2D eigenvalue weighted by Gasteiger charge is -2.07. The summed E-state index contributed by atoms with van der Waals surface area (Å²) >= 11 is 6.17. The van der Waals surface area contributed by atoms with Crippen LogP contribution in [0.5, 0.6) is 0 Å². The van der Waals surface area contributed by atoms with Gasteiger partial charge in [-0.15, -0.1) is 10.2 Å². The van der Waals surface area contributed by atoms with E-state index < -0.39 is 0 Å². The molecule has 0 saturated carbocycles. The number of hydrogen-bond donors (Lipinski definition) is 1. The summed E-state index contributed by atoms with van der Waals surface area (Å²) in [6.07, 6.45) is 1.68. The Morgan fingerprint density at radius 3 is 2.85 bits per heavy atom. The number of anilines is 1. The molecule has 136 valence electrons. The van der Waals surface area contributed by atoms with Crippen LogP contribution < -0.4 is 5.32 Å². The number of carbonyl (C=O) groups excluding carboxylic acids is 1. The number of rotatable bonds is 4. The molecule has 0 atom stereocenters. The Morgan fingerprint density at radius 2 is 2.07 bits per heavy atom. The minimum atomic E-state index is -0.325. The maximum Gasteiger partial charge on any atom is 0.291 e. The molecule has 0 radical (unpaired) electrons. The number of benzene rings is 2. The van der Waals surface area contributed by atoms with Crippen LogP contribution in [-0.4, -0.2) is 20.7 Å². The molecule has 0 aliphatic rings. The average molecular weight is 381 g/mol. The third-order valence-electron chi connectivity index (χ3n) is 4.46. The van der Waals surface area contributed by atoms with E-state index in [4.69, 9.17) is 16.0 Å². The molecule has 0 saturated heterocycles. The van der Waals surface area contributed by atoms with Gasteiger partial charge in [-0.3, -0.25) is 4.79 Å². The zero-order chi connectivity index (χ0) is 19.0. The summed E-state index contributed by atoms with van der Waals surface area (Å²) < 4.78 is 7.67. The molecule has 2 heterocycles. The second-order valence-corrected chi connectivity index (χ2v) is 6.56. The highest BCUT2D eigenvalue weighted by molar-refractivity contribution is 6.35. The van der Waals surface area contributed by atoms with E-state index >= 15 is 0 Å². The van der Waals surface area contributed by atoms with Crippen molar-refractivity contribution in [3.8, 4) is 11.4 Å². The molecule has 0 aliphatic carbocycles. The average Bonchev–Trinajstić information content (AvgIpc) is 3.28. The molecule has 0 bridgehead atoms. The molecule has 1 N–H and O–H groups in total. The van der Waals surface area contributed by atoms with E-state index in [1.165, 1.54) is 0 Å². The summed E-state index contributed by atoms with van der Waals surface area (Å²) in [5, 5.41) is 12.3. The molecule has 0 spiro atoms. The molecule has 7 heteroatoms. The molecule has 1 amide bonds. The van der Waals surface area contributed by atoms with Crippen molar-refractivity contribution in [1.29, 1.82) is 0 Å². The molecular formula is C20H17ClN4O2. The van der Waals surface area contributed by atoms with E-state index in [9.17, 15) is 4.79 Å². The summed E-state index contributed by atoms with van der Waals surface area (Å²) in [5.74, 6) is 0.675. The van der Waals surface area contributed by atoms with Crippen LogP contribution in [0.3, 0.4) is 0 Å². The molecule has 0 unspecified atom stereocenters. The Bertz CT molecular complexity index is 1150. The molecular weight excluding hydrogens is 364 g/mol. The van der Waals surface area contributed by atoms with Gasteiger partial charge in [0.2, 0.25) is 0 Å². The molecule has 6 nitrogen and oxygen atoms in total. The number of furan rings is 1. The first kappa shape index (κ1) is 17.3. The van der Waals surface area contributed by atoms with Crippen LogP contribution in [0.25, 0.3) is 22.4 Å². The zero-order valence-electron chi connectivity index (χ0n) is 14.9. The van der Waals surface area contributed by atoms with Gasteiger partial charge in [-0.2, -0.15) is 0 Å². The van der Waals surface area contributed by atoms with Crippen molar-refractivity contribution >= 4 is 34.2 Å². The fourth-order valence-corrected chi connectivity index (χ4v) is 3.27. The minimum absolute atomic E-state index is 0.250. The van der Waals surface area contributed by atoms with Crippen molar-refractivity contribution in [2.75, 3.05) is 5.32 Å². The van der Waals surface area contributed by atoms with Crippen LogP contribution in [0.2, 0.25) is 5.02 Å². The van der Waals surface area contributed by atoms with Crippen LogP contribution in [-0.2, 0) is 6.54 Å². The lowest BCUT2D eigenvalue weighted by molar-refractivity contribution is 0.0998. The van der Waals surface area contributed by atoms with E-state index in [-0.39, 0.29) is 11.7 Å². The van der Waals surface area contributed by atoms with E-state index in [1.54, 1.807) is 12.4 Å². The first-order valence-corrected chi connectivity index (χ1v) is 8.93. The van der Waals surface area contributed by atoms with Crippen LogP contribution in [0.4, 0.5) is 5.69 Å². The highest BCUT2D eigenvalue weighted by Crippen LogP contribution is 2.31. The molecule has 27 heavy (non-hydrogen) atoms. The highest BCUT2D eigenvalue weighted by atomic mass is 35.5. The monoisotopic (exact) mass is 380 g/mol. The Kier molecular flexibility index (Phi) is 4.41. The van der Waals surface area contributed by atoms with Gasteiger partial charge in [-0.05, 0) is 32.0 Å². The van der Waals surface area contributed by atoms with E-state index in [0.29, 0.717) is 16.3 Å². The number of nitrogens with zero attached hydrogens (tertiary/aromatic N) is 3. The van der Waals surface area contributed by atoms with Crippen molar-refractivity contribution in [2.45, 2.75) is 20.4 Å². The van der Waals surface area contributed by atoms with Gasteiger partial charge >= 0.3 is 0 Å². The van der Waals surface area contributed by atoms with Crippen molar-refractivity contribution in [1.82, 2.24) is 14.8 Å². The Morgan fingerprint density at radius 1 is 1.26 bits per heavy atom. The molecule has 4 rings (SSSR count). The molecule has 2 aromatic heterocycles. The van der Waals surface area contributed by atoms with Crippen molar-refractivity contribution in [3.63, 3.8) is 0 Å². The molecule has 2 aromatic carbocycles. The van der Waals surface area contributed by atoms with Gasteiger partial charge in [0.25, 0.3) is 5.91 Å². The predicted octanol–water partition coefficient (Wildman–Crippen LogP) is 4.93. The fraction of sp³-hybridized carbons (Fsp3) is 0.150. The van der Waals surface area contributed by atoms with Crippen LogP contribution in [0, 0.1) is 6.92 Å². The zero-order valence-corrected chi connectivity index (χ0v) is 15.6. The number of aromatic nitrogens is 3. The Hall–Kier alpha value is -3.12. The van der Waals surface area contributed by atoms with Gasteiger partial charge in [0.05, 0.1) is 5.02 Å². The normalized spacial score (nSPS) is 11.1. The number of halogens is 1. The van der Waals surface area contributed by atoms with Gasteiger partial charge in [-0.1, -0.05) is 35.9 Å². The number of fused-ring (bicyclic) bond motifs is 1. The third-order valence-corrected chi connectivity index (χ3v) is 4.75. The molecule has 0 fully saturated rings. The maximum atomic E-state index is 12.8. The van der Waals surface area contributed by atoms with Gasteiger partial charge in [0, 0.05) is 28.7 Å². The van der Waals surface area contributed by atoms with E-state index in [1.807, 2.05) is 54.8 Å². The molecule has 0 aliphatic heterocycles. The quantitative estimate of drug-likeness (QED) is 0.545. The standard InChI is InChI=1S/C20H17ClN4O2/c1-3-25-11-22-24-19(25)13-6-4-7-14(10-13)23-20(26)17-12(2)15-8-5-9-16(21)18(15)27-17/h4-11H,3H2,1-2H3,(H,23,26). The third kappa shape index (κ3) is 3.08. The topological polar surface area (TPSA) is 73.0 Å². The largest absolute Gasteiger partial charge is 0.449 e. The number of carbonyl (C=O) groups is 1. The van der Waals surface area contributed by atoms with E-state index in [2.05, 4.69) is 15.5 Å². The fourth-order valence-electron chi connectivity index (χ4n) is 3.06. The minimum Gasteiger partial charge on any atom is -0.449 e. The summed E-state index contributed by atoms with van der Waals surface area (Å²) in [6, 6.07) is 12.9.